The second kappa shape index (κ2) is 6.55. The van der Waals surface area contributed by atoms with Gasteiger partial charge in [0, 0.05) is 29.9 Å². The number of hydrogen-bond acceptors (Lipinski definition) is 7. The van der Waals surface area contributed by atoms with Crippen LogP contribution in [0.3, 0.4) is 0 Å². The SMILES string of the molecule is C=C1C(=O)c2cc3c(cc2[C@@H](c2ccc4c(c2)OCO4)[C@@H]1COC(C)=O)OCO3. The van der Waals surface area contributed by atoms with Crippen LogP contribution in [0.25, 0.3) is 0 Å². The number of hydrogen-bond donors (Lipinski definition) is 0. The minimum Gasteiger partial charge on any atom is -0.465 e. The fourth-order valence-electron chi connectivity index (χ4n) is 4.09. The molecule has 0 spiro atoms. The number of benzene rings is 2. The van der Waals surface area contributed by atoms with E-state index in [9.17, 15) is 9.59 Å². The highest BCUT2D eigenvalue weighted by molar-refractivity contribution is 6.11. The maximum atomic E-state index is 13.1. The molecule has 2 aromatic rings. The highest BCUT2D eigenvalue weighted by Crippen LogP contribution is 2.49. The summed E-state index contributed by atoms with van der Waals surface area (Å²) in [6.45, 7) is 5.69. The van der Waals surface area contributed by atoms with Crippen LogP contribution in [0.15, 0.2) is 42.5 Å². The monoisotopic (exact) mass is 394 g/mol. The molecule has 1 aliphatic carbocycles. The average molecular weight is 394 g/mol. The van der Waals surface area contributed by atoms with Crippen molar-refractivity contribution in [3.8, 4) is 23.0 Å². The Morgan fingerprint density at radius 3 is 2.41 bits per heavy atom. The van der Waals surface area contributed by atoms with Gasteiger partial charge in [-0.1, -0.05) is 12.6 Å². The van der Waals surface area contributed by atoms with Crippen LogP contribution in [-0.4, -0.2) is 31.9 Å². The van der Waals surface area contributed by atoms with Crippen molar-refractivity contribution >= 4 is 11.8 Å². The Morgan fingerprint density at radius 2 is 1.69 bits per heavy atom. The van der Waals surface area contributed by atoms with Gasteiger partial charge in [0.15, 0.2) is 28.8 Å². The molecule has 0 fully saturated rings. The molecule has 7 heteroatoms. The van der Waals surface area contributed by atoms with E-state index in [2.05, 4.69) is 6.58 Å². The molecule has 0 amide bonds. The van der Waals surface area contributed by atoms with Crippen molar-refractivity contribution in [3.63, 3.8) is 0 Å². The van der Waals surface area contributed by atoms with Gasteiger partial charge in [0.1, 0.15) is 0 Å². The topological polar surface area (TPSA) is 80.3 Å². The summed E-state index contributed by atoms with van der Waals surface area (Å²) in [4.78, 5) is 24.5. The third-order valence-corrected chi connectivity index (χ3v) is 5.49. The van der Waals surface area contributed by atoms with Gasteiger partial charge in [-0.25, -0.2) is 0 Å². The van der Waals surface area contributed by atoms with E-state index in [1.54, 1.807) is 6.07 Å². The molecule has 148 valence electrons. The van der Waals surface area contributed by atoms with E-state index in [1.165, 1.54) is 6.92 Å². The predicted molar refractivity (Wildman–Crippen MR) is 101 cm³/mol. The quantitative estimate of drug-likeness (QED) is 0.584. The lowest BCUT2D eigenvalue weighted by Gasteiger charge is -2.34. The van der Waals surface area contributed by atoms with Crippen LogP contribution in [0, 0.1) is 5.92 Å². The first-order valence-electron chi connectivity index (χ1n) is 9.23. The predicted octanol–water partition coefficient (Wildman–Crippen LogP) is 3.21. The summed E-state index contributed by atoms with van der Waals surface area (Å²) < 4.78 is 27.2. The molecule has 0 saturated heterocycles. The molecule has 5 rings (SSSR count). The van der Waals surface area contributed by atoms with E-state index in [4.69, 9.17) is 23.7 Å². The molecule has 0 radical (unpaired) electrons. The third-order valence-electron chi connectivity index (χ3n) is 5.49. The Balaban J connectivity index is 1.67. The van der Waals surface area contributed by atoms with Crippen LogP contribution in [0.2, 0.25) is 0 Å². The molecular weight excluding hydrogens is 376 g/mol. The first kappa shape index (κ1) is 17.6. The molecule has 2 atom stereocenters. The molecule has 0 unspecified atom stereocenters. The van der Waals surface area contributed by atoms with Crippen molar-refractivity contribution in [2.24, 2.45) is 5.92 Å². The third kappa shape index (κ3) is 2.81. The second-order valence-electron chi connectivity index (χ2n) is 7.15. The van der Waals surface area contributed by atoms with Crippen LogP contribution in [0.4, 0.5) is 0 Å². The Hall–Kier alpha value is -3.48. The zero-order valence-corrected chi connectivity index (χ0v) is 15.7. The highest BCUT2D eigenvalue weighted by atomic mass is 16.7. The molecule has 2 aromatic carbocycles. The van der Waals surface area contributed by atoms with Gasteiger partial charge in [-0.05, 0) is 35.4 Å². The minimum absolute atomic E-state index is 0.0485. The maximum absolute atomic E-state index is 13.1. The van der Waals surface area contributed by atoms with Crippen molar-refractivity contribution in [1.29, 1.82) is 0 Å². The number of ketones is 1. The Bertz CT molecular complexity index is 1060. The summed E-state index contributed by atoms with van der Waals surface area (Å²) >= 11 is 0. The van der Waals surface area contributed by atoms with Crippen LogP contribution >= 0.6 is 0 Å². The Kier molecular flexibility index (Phi) is 3.97. The molecule has 3 aliphatic rings. The maximum Gasteiger partial charge on any atom is 0.302 e. The van der Waals surface area contributed by atoms with Crippen molar-refractivity contribution < 1.29 is 33.3 Å². The number of ether oxygens (including phenoxy) is 5. The molecule has 0 saturated carbocycles. The van der Waals surface area contributed by atoms with Gasteiger partial charge in [-0.3, -0.25) is 9.59 Å². The van der Waals surface area contributed by atoms with E-state index in [0.29, 0.717) is 34.1 Å². The van der Waals surface area contributed by atoms with Gasteiger partial charge < -0.3 is 23.7 Å². The van der Waals surface area contributed by atoms with Crippen LogP contribution in [0.5, 0.6) is 23.0 Å². The number of rotatable bonds is 3. The number of Topliss-reactive ketones (excluding diaryl/α,β-unsaturated/α-hetero) is 1. The highest BCUT2D eigenvalue weighted by Gasteiger charge is 2.40. The molecule has 7 nitrogen and oxygen atoms in total. The standard InChI is InChI=1S/C22H18O7/c1-11-16(8-25-12(2)23)21(13-3-4-17-18(5-13)27-9-26-17)14-6-19-20(29-10-28-19)7-15(14)22(11)24/h3-7,16,21H,1,8-10H2,2H3/t16-,21-/m1/s1. The van der Waals surface area contributed by atoms with E-state index >= 15 is 0 Å². The molecule has 0 bridgehead atoms. The number of fused-ring (bicyclic) bond motifs is 3. The number of carbonyl (C=O) groups excluding carboxylic acids is 2. The normalized spacial score (nSPS) is 21.1. The molecule has 2 aliphatic heterocycles. The zero-order valence-electron chi connectivity index (χ0n) is 15.7. The van der Waals surface area contributed by atoms with E-state index < -0.39 is 11.9 Å². The van der Waals surface area contributed by atoms with Crippen LogP contribution in [-0.2, 0) is 9.53 Å². The fraction of sp³-hybridized carbons (Fsp3) is 0.273. The smallest absolute Gasteiger partial charge is 0.302 e. The lowest BCUT2D eigenvalue weighted by Crippen LogP contribution is -2.32. The summed E-state index contributed by atoms with van der Waals surface area (Å²) in [7, 11) is 0. The van der Waals surface area contributed by atoms with Crippen molar-refractivity contribution in [2.75, 3.05) is 20.2 Å². The van der Waals surface area contributed by atoms with Gasteiger partial charge in [0.2, 0.25) is 13.6 Å². The van der Waals surface area contributed by atoms with Gasteiger partial charge in [0.25, 0.3) is 0 Å². The first-order chi connectivity index (χ1) is 14.0. The van der Waals surface area contributed by atoms with Crippen LogP contribution < -0.4 is 18.9 Å². The zero-order chi connectivity index (χ0) is 20.1. The van der Waals surface area contributed by atoms with Gasteiger partial charge in [0.05, 0.1) is 6.61 Å². The fourth-order valence-corrected chi connectivity index (χ4v) is 4.09. The van der Waals surface area contributed by atoms with Crippen molar-refractivity contribution in [1.82, 2.24) is 0 Å². The lowest BCUT2D eigenvalue weighted by molar-refractivity contribution is -0.142. The summed E-state index contributed by atoms with van der Waals surface area (Å²) in [6, 6.07) is 9.19. The van der Waals surface area contributed by atoms with E-state index in [1.807, 2.05) is 24.3 Å². The van der Waals surface area contributed by atoms with Gasteiger partial charge in [-0.2, -0.15) is 0 Å². The van der Waals surface area contributed by atoms with Crippen LogP contribution in [0.1, 0.15) is 34.3 Å². The minimum atomic E-state index is -0.417. The summed E-state index contributed by atoms with van der Waals surface area (Å²) in [5.41, 5.74) is 2.59. The average Bonchev–Trinajstić information content (AvgIpc) is 3.36. The molecular formula is C22H18O7. The largest absolute Gasteiger partial charge is 0.465 e. The Morgan fingerprint density at radius 1 is 1.03 bits per heavy atom. The molecule has 2 heterocycles. The van der Waals surface area contributed by atoms with E-state index in [0.717, 1.165) is 11.1 Å². The number of esters is 1. The summed E-state index contributed by atoms with van der Waals surface area (Å²) in [5.74, 6) is 1.13. The van der Waals surface area contributed by atoms with Crippen molar-refractivity contribution in [3.05, 3.63) is 59.2 Å². The first-order valence-corrected chi connectivity index (χ1v) is 9.23. The second-order valence-corrected chi connectivity index (χ2v) is 7.15. The molecule has 0 N–H and O–H groups in total. The molecule has 0 aromatic heterocycles. The lowest BCUT2D eigenvalue weighted by atomic mass is 9.69. The molecule has 29 heavy (non-hydrogen) atoms. The van der Waals surface area contributed by atoms with E-state index in [-0.39, 0.29) is 31.9 Å². The summed E-state index contributed by atoms with van der Waals surface area (Å²) in [6.07, 6.45) is 0. The van der Waals surface area contributed by atoms with Crippen molar-refractivity contribution in [2.45, 2.75) is 12.8 Å². The summed E-state index contributed by atoms with van der Waals surface area (Å²) in [5, 5.41) is 0. The number of carbonyl (C=O) groups is 2. The Labute approximate surface area is 166 Å². The van der Waals surface area contributed by atoms with Gasteiger partial charge >= 0.3 is 5.97 Å². The van der Waals surface area contributed by atoms with Gasteiger partial charge in [-0.15, -0.1) is 0 Å².